The lowest BCUT2D eigenvalue weighted by Crippen LogP contribution is -2.28. The number of carbonyl (C=O) groups excluding carboxylic acids is 1. The first-order chi connectivity index (χ1) is 11.5. The van der Waals surface area contributed by atoms with Crippen LogP contribution in [0.2, 0.25) is 0 Å². The fraction of sp³-hybridized carbons (Fsp3) is 0.263. The second-order valence-corrected chi connectivity index (χ2v) is 5.79. The van der Waals surface area contributed by atoms with Crippen molar-refractivity contribution in [1.82, 2.24) is 5.32 Å². The Morgan fingerprint density at radius 2 is 1.67 bits per heavy atom. The summed E-state index contributed by atoms with van der Waals surface area (Å²) in [6.07, 6.45) is 0. The van der Waals surface area contributed by atoms with Crippen molar-refractivity contribution >= 4 is 11.9 Å². The van der Waals surface area contributed by atoms with Gasteiger partial charge in [0.05, 0.1) is 5.56 Å². The monoisotopic (exact) mass is 327 g/mol. The van der Waals surface area contributed by atoms with Crippen molar-refractivity contribution in [1.29, 1.82) is 0 Å². The minimum absolute atomic E-state index is 0.0613. The summed E-state index contributed by atoms with van der Waals surface area (Å²) in [5.41, 5.74) is 2.27. The average molecular weight is 327 g/mol. The molecule has 126 valence electrons. The van der Waals surface area contributed by atoms with Crippen LogP contribution in [0.25, 0.3) is 0 Å². The molecule has 0 saturated carbocycles. The zero-order valence-corrected chi connectivity index (χ0v) is 13.8. The van der Waals surface area contributed by atoms with Gasteiger partial charge in [-0.05, 0) is 41.3 Å². The van der Waals surface area contributed by atoms with Crippen LogP contribution in [0.1, 0.15) is 41.3 Å². The summed E-state index contributed by atoms with van der Waals surface area (Å²) in [7, 11) is 0. The molecule has 1 amide bonds. The maximum absolute atomic E-state index is 11.8. The molecule has 0 heterocycles. The van der Waals surface area contributed by atoms with Crippen LogP contribution in [-0.4, -0.2) is 23.6 Å². The molecular formula is C19H21NO4. The lowest BCUT2D eigenvalue weighted by molar-refractivity contribution is -0.123. The average Bonchev–Trinajstić information content (AvgIpc) is 2.58. The van der Waals surface area contributed by atoms with Crippen LogP contribution >= 0.6 is 0 Å². The summed E-state index contributed by atoms with van der Waals surface area (Å²) in [5.74, 6) is -0.0945. The van der Waals surface area contributed by atoms with Gasteiger partial charge in [0.25, 0.3) is 5.91 Å². The molecule has 0 unspecified atom stereocenters. The summed E-state index contributed by atoms with van der Waals surface area (Å²) < 4.78 is 5.45. The summed E-state index contributed by atoms with van der Waals surface area (Å²) in [6, 6.07) is 14.1. The van der Waals surface area contributed by atoms with Gasteiger partial charge in [0.1, 0.15) is 5.75 Å². The van der Waals surface area contributed by atoms with Gasteiger partial charge in [0.15, 0.2) is 6.61 Å². The van der Waals surface area contributed by atoms with E-state index in [9.17, 15) is 9.59 Å². The lowest BCUT2D eigenvalue weighted by Gasteiger charge is -2.09. The number of ether oxygens (including phenoxy) is 1. The number of carboxylic acid groups (broad SMARTS) is 1. The number of hydrogen-bond donors (Lipinski definition) is 2. The molecule has 0 aliphatic rings. The molecule has 0 atom stereocenters. The van der Waals surface area contributed by atoms with E-state index in [4.69, 9.17) is 9.84 Å². The molecule has 0 aromatic heterocycles. The summed E-state index contributed by atoms with van der Waals surface area (Å²) >= 11 is 0. The first kappa shape index (κ1) is 17.5. The number of benzene rings is 2. The number of aromatic carboxylic acids is 1. The first-order valence-electron chi connectivity index (χ1n) is 7.77. The third-order valence-corrected chi connectivity index (χ3v) is 3.61. The fourth-order valence-corrected chi connectivity index (χ4v) is 2.11. The van der Waals surface area contributed by atoms with Gasteiger partial charge in [-0.3, -0.25) is 4.79 Å². The molecule has 5 heteroatoms. The molecule has 5 nitrogen and oxygen atoms in total. The molecule has 2 aromatic rings. The third kappa shape index (κ3) is 5.12. The van der Waals surface area contributed by atoms with E-state index in [1.165, 1.54) is 17.7 Å². The molecule has 0 bridgehead atoms. The van der Waals surface area contributed by atoms with Gasteiger partial charge in [-0.25, -0.2) is 4.79 Å². The molecule has 2 N–H and O–H groups in total. The predicted octanol–water partition coefficient (Wildman–Crippen LogP) is 3.20. The van der Waals surface area contributed by atoms with E-state index in [0.29, 0.717) is 18.2 Å². The highest BCUT2D eigenvalue weighted by Crippen LogP contribution is 2.18. The van der Waals surface area contributed by atoms with Crippen molar-refractivity contribution in [3.63, 3.8) is 0 Å². The molecule has 0 aliphatic heterocycles. The fourth-order valence-electron chi connectivity index (χ4n) is 2.11. The van der Waals surface area contributed by atoms with E-state index in [0.717, 1.165) is 5.56 Å². The Hall–Kier alpha value is -2.82. The summed E-state index contributed by atoms with van der Waals surface area (Å²) in [6.45, 7) is 4.50. The smallest absolute Gasteiger partial charge is 0.335 e. The van der Waals surface area contributed by atoms with Gasteiger partial charge < -0.3 is 15.2 Å². The van der Waals surface area contributed by atoms with Crippen LogP contribution < -0.4 is 10.1 Å². The van der Waals surface area contributed by atoms with Gasteiger partial charge in [-0.15, -0.1) is 0 Å². The molecule has 24 heavy (non-hydrogen) atoms. The van der Waals surface area contributed by atoms with Crippen LogP contribution in [-0.2, 0) is 11.3 Å². The highest BCUT2D eigenvalue weighted by atomic mass is 16.5. The topological polar surface area (TPSA) is 75.6 Å². The second-order valence-electron chi connectivity index (χ2n) is 5.79. The molecule has 0 spiro atoms. The normalized spacial score (nSPS) is 10.5. The number of nitrogens with one attached hydrogen (secondary N) is 1. The Labute approximate surface area is 141 Å². The minimum Gasteiger partial charge on any atom is -0.484 e. The van der Waals surface area contributed by atoms with E-state index in [1.807, 2.05) is 24.3 Å². The van der Waals surface area contributed by atoms with Crippen LogP contribution in [0, 0.1) is 0 Å². The Morgan fingerprint density at radius 1 is 1.04 bits per heavy atom. The number of rotatable bonds is 7. The van der Waals surface area contributed by atoms with Gasteiger partial charge in [0, 0.05) is 6.54 Å². The SMILES string of the molecule is CC(C)c1ccc(OCC(=O)NCc2ccc(C(=O)O)cc2)cc1. The zero-order chi connectivity index (χ0) is 17.5. The molecule has 0 radical (unpaired) electrons. The van der Waals surface area contributed by atoms with Crippen LogP contribution in [0.5, 0.6) is 5.75 Å². The number of carboxylic acids is 1. The van der Waals surface area contributed by atoms with Gasteiger partial charge in [-0.1, -0.05) is 38.1 Å². The lowest BCUT2D eigenvalue weighted by atomic mass is 10.0. The van der Waals surface area contributed by atoms with Crippen LogP contribution in [0.4, 0.5) is 0 Å². The van der Waals surface area contributed by atoms with Crippen molar-refractivity contribution in [3.05, 3.63) is 65.2 Å². The molecule has 0 saturated heterocycles. The number of amides is 1. The highest BCUT2D eigenvalue weighted by Gasteiger charge is 2.05. The highest BCUT2D eigenvalue weighted by molar-refractivity contribution is 5.87. The molecular weight excluding hydrogens is 306 g/mol. The van der Waals surface area contributed by atoms with Crippen molar-refractivity contribution in [2.24, 2.45) is 0 Å². The van der Waals surface area contributed by atoms with E-state index in [2.05, 4.69) is 19.2 Å². The maximum Gasteiger partial charge on any atom is 0.335 e. The van der Waals surface area contributed by atoms with E-state index < -0.39 is 5.97 Å². The standard InChI is InChI=1S/C19H21NO4/c1-13(2)15-7-9-17(10-8-15)24-12-18(21)20-11-14-3-5-16(6-4-14)19(22)23/h3-10,13H,11-12H2,1-2H3,(H,20,21)(H,22,23). The molecule has 0 aliphatic carbocycles. The van der Waals surface area contributed by atoms with Crippen molar-refractivity contribution < 1.29 is 19.4 Å². The summed E-state index contributed by atoms with van der Waals surface area (Å²) in [4.78, 5) is 22.6. The van der Waals surface area contributed by atoms with E-state index in [1.54, 1.807) is 12.1 Å². The molecule has 2 aromatic carbocycles. The largest absolute Gasteiger partial charge is 0.484 e. The van der Waals surface area contributed by atoms with Crippen molar-refractivity contribution in [2.75, 3.05) is 6.61 Å². The molecule has 2 rings (SSSR count). The van der Waals surface area contributed by atoms with Gasteiger partial charge in [0.2, 0.25) is 0 Å². The van der Waals surface area contributed by atoms with E-state index >= 15 is 0 Å². The quantitative estimate of drug-likeness (QED) is 0.819. The van der Waals surface area contributed by atoms with Crippen molar-refractivity contribution in [3.8, 4) is 5.75 Å². The summed E-state index contributed by atoms with van der Waals surface area (Å²) in [5, 5.41) is 11.6. The second kappa shape index (κ2) is 8.15. The number of hydrogen-bond acceptors (Lipinski definition) is 3. The van der Waals surface area contributed by atoms with Crippen LogP contribution in [0.3, 0.4) is 0 Å². The van der Waals surface area contributed by atoms with Gasteiger partial charge >= 0.3 is 5.97 Å². The third-order valence-electron chi connectivity index (χ3n) is 3.61. The van der Waals surface area contributed by atoms with E-state index in [-0.39, 0.29) is 18.1 Å². The zero-order valence-electron chi connectivity index (χ0n) is 13.8. The maximum atomic E-state index is 11.8. The minimum atomic E-state index is -0.970. The Kier molecular flexibility index (Phi) is 5.95. The van der Waals surface area contributed by atoms with Crippen molar-refractivity contribution in [2.45, 2.75) is 26.3 Å². The van der Waals surface area contributed by atoms with Crippen LogP contribution in [0.15, 0.2) is 48.5 Å². The first-order valence-corrected chi connectivity index (χ1v) is 7.77. The molecule has 0 fully saturated rings. The Balaban J connectivity index is 1.77. The number of carbonyl (C=O) groups is 2. The van der Waals surface area contributed by atoms with Gasteiger partial charge in [-0.2, -0.15) is 0 Å². The Bertz CT molecular complexity index is 690. The Morgan fingerprint density at radius 3 is 2.21 bits per heavy atom. The predicted molar refractivity (Wildman–Crippen MR) is 91.3 cm³/mol.